The van der Waals surface area contributed by atoms with Crippen molar-refractivity contribution in [2.75, 3.05) is 12.8 Å². The maximum absolute atomic E-state index is 12.9. The van der Waals surface area contributed by atoms with E-state index in [2.05, 4.69) is 5.10 Å². The Labute approximate surface area is 187 Å². The highest BCUT2D eigenvalue weighted by Crippen LogP contribution is 2.37. The quantitative estimate of drug-likeness (QED) is 0.265. The Morgan fingerprint density at radius 3 is 2.31 bits per heavy atom. The molecule has 1 unspecified atom stereocenters. The smallest absolute Gasteiger partial charge is 0.345 e. The predicted molar refractivity (Wildman–Crippen MR) is 125 cm³/mol. The first-order valence-electron chi connectivity index (χ1n) is 10.3. The topological polar surface area (TPSA) is 79.4 Å². The van der Waals surface area contributed by atoms with Crippen molar-refractivity contribution in [3.8, 4) is 22.7 Å². The molecule has 0 radical (unpaired) electrons. The second-order valence-corrected chi connectivity index (χ2v) is 7.54. The molecule has 4 rings (SSSR count). The number of esters is 1. The number of hydrogen-bond donors (Lipinski definition) is 1. The molecule has 4 aromatic rings. The average Bonchev–Trinajstić information content (AvgIpc) is 3.31. The SMILES string of the molecule is COC(C(=O)Oc1c(C)cc(-c2ccn(-c3ccccc3)n2)c(N)c1C)c1ccccc1. The lowest BCUT2D eigenvalue weighted by Crippen LogP contribution is -2.21. The van der Waals surface area contributed by atoms with Gasteiger partial charge in [0.05, 0.1) is 11.4 Å². The van der Waals surface area contributed by atoms with Crippen LogP contribution in [0.15, 0.2) is 79.0 Å². The highest BCUT2D eigenvalue weighted by molar-refractivity contribution is 5.84. The molecule has 1 heterocycles. The number of carbonyl (C=O) groups is 1. The van der Waals surface area contributed by atoms with Crippen molar-refractivity contribution < 1.29 is 14.3 Å². The van der Waals surface area contributed by atoms with Crippen LogP contribution in [-0.2, 0) is 9.53 Å². The first-order valence-corrected chi connectivity index (χ1v) is 10.3. The normalized spacial score (nSPS) is 11.8. The van der Waals surface area contributed by atoms with Crippen LogP contribution in [0.25, 0.3) is 16.9 Å². The summed E-state index contributed by atoms with van der Waals surface area (Å²) >= 11 is 0. The molecule has 0 bridgehead atoms. The van der Waals surface area contributed by atoms with Gasteiger partial charge in [0.15, 0.2) is 6.10 Å². The largest absolute Gasteiger partial charge is 0.424 e. The molecule has 0 fully saturated rings. The Hall–Kier alpha value is -3.90. The molecule has 0 aliphatic carbocycles. The molecule has 162 valence electrons. The van der Waals surface area contributed by atoms with Crippen LogP contribution in [0.5, 0.6) is 5.75 Å². The van der Waals surface area contributed by atoms with Gasteiger partial charge < -0.3 is 15.2 Å². The number of rotatable bonds is 6. The van der Waals surface area contributed by atoms with Crippen LogP contribution in [0.4, 0.5) is 5.69 Å². The van der Waals surface area contributed by atoms with Crippen molar-refractivity contribution in [1.29, 1.82) is 0 Å². The summed E-state index contributed by atoms with van der Waals surface area (Å²) < 4.78 is 13.0. The molecule has 6 nitrogen and oxygen atoms in total. The lowest BCUT2D eigenvalue weighted by atomic mass is 10.0. The van der Waals surface area contributed by atoms with Gasteiger partial charge >= 0.3 is 5.97 Å². The maximum Gasteiger partial charge on any atom is 0.345 e. The molecule has 32 heavy (non-hydrogen) atoms. The Balaban J connectivity index is 1.64. The van der Waals surface area contributed by atoms with E-state index in [-0.39, 0.29) is 0 Å². The Morgan fingerprint density at radius 2 is 1.66 bits per heavy atom. The number of ether oxygens (including phenoxy) is 2. The first-order chi connectivity index (χ1) is 15.5. The number of aromatic nitrogens is 2. The zero-order valence-corrected chi connectivity index (χ0v) is 18.3. The first kappa shape index (κ1) is 21.3. The average molecular weight is 428 g/mol. The van der Waals surface area contributed by atoms with Gasteiger partial charge in [-0.15, -0.1) is 0 Å². The van der Waals surface area contributed by atoms with Gasteiger partial charge in [-0.3, -0.25) is 0 Å². The molecule has 1 aromatic heterocycles. The number of anilines is 1. The lowest BCUT2D eigenvalue weighted by Gasteiger charge is -2.19. The van der Waals surface area contributed by atoms with Crippen LogP contribution in [0.1, 0.15) is 22.8 Å². The number of aryl methyl sites for hydroxylation is 1. The lowest BCUT2D eigenvalue weighted by molar-refractivity contribution is -0.146. The molecular weight excluding hydrogens is 402 g/mol. The summed E-state index contributed by atoms with van der Waals surface area (Å²) in [5.74, 6) is -0.0536. The summed E-state index contributed by atoms with van der Waals surface area (Å²) in [7, 11) is 1.49. The zero-order chi connectivity index (χ0) is 22.7. The van der Waals surface area contributed by atoms with Gasteiger partial charge in [-0.2, -0.15) is 5.10 Å². The van der Waals surface area contributed by atoms with Gasteiger partial charge in [0, 0.05) is 30.1 Å². The number of methoxy groups -OCH3 is 1. The highest BCUT2D eigenvalue weighted by Gasteiger charge is 2.25. The third kappa shape index (κ3) is 4.13. The van der Waals surface area contributed by atoms with Crippen molar-refractivity contribution in [3.63, 3.8) is 0 Å². The Morgan fingerprint density at radius 1 is 1.00 bits per heavy atom. The number of carbonyl (C=O) groups excluding carboxylic acids is 1. The molecule has 0 saturated heterocycles. The van der Waals surface area contributed by atoms with Gasteiger partial charge in [-0.05, 0) is 49.2 Å². The van der Waals surface area contributed by atoms with E-state index in [1.54, 1.807) is 4.68 Å². The fraction of sp³-hybridized carbons (Fsp3) is 0.154. The van der Waals surface area contributed by atoms with Gasteiger partial charge in [-0.25, -0.2) is 9.48 Å². The fourth-order valence-corrected chi connectivity index (χ4v) is 3.69. The van der Waals surface area contributed by atoms with E-state index in [0.717, 1.165) is 28.1 Å². The molecule has 0 aliphatic rings. The van der Waals surface area contributed by atoms with Crippen LogP contribution in [0.2, 0.25) is 0 Å². The summed E-state index contributed by atoms with van der Waals surface area (Å²) in [6.45, 7) is 3.73. The van der Waals surface area contributed by atoms with Gasteiger partial charge in [0.25, 0.3) is 0 Å². The standard InChI is InChI=1S/C26H25N3O3/c1-17-16-21(22-14-15-29(28-22)20-12-8-5-9-13-20)23(27)18(2)24(17)32-26(30)25(31-3)19-10-6-4-7-11-19/h4-16,25H,27H2,1-3H3. The van der Waals surface area contributed by atoms with Crippen LogP contribution in [0.3, 0.4) is 0 Å². The van der Waals surface area contributed by atoms with Crippen molar-refractivity contribution in [2.24, 2.45) is 0 Å². The van der Waals surface area contributed by atoms with Crippen LogP contribution >= 0.6 is 0 Å². The summed E-state index contributed by atoms with van der Waals surface area (Å²) in [4.78, 5) is 12.9. The number of hydrogen-bond acceptors (Lipinski definition) is 5. The van der Waals surface area contributed by atoms with Crippen LogP contribution < -0.4 is 10.5 Å². The molecule has 0 amide bonds. The summed E-state index contributed by atoms with van der Waals surface area (Å²) in [6.07, 6.45) is 1.07. The van der Waals surface area contributed by atoms with Crippen LogP contribution in [-0.4, -0.2) is 22.9 Å². The molecule has 0 spiro atoms. The van der Waals surface area contributed by atoms with Crippen molar-refractivity contribution in [1.82, 2.24) is 9.78 Å². The third-order valence-electron chi connectivity index (χ3n) is 5.39. The fourth-order valence-electron chi connectivity index (χ4n) is 3.69. The number of nitrogens with two attached hydrogens (primary N) is 1. The van der Waals surface area contributed by atoms with Gasteiger partial charge in [0.1, 0.15) is 5.75 Å². The maximum atomic E-state index is 12.9. The summed E-state index contributed by atoms with van der Waals surface area (Å²) in [6, 6.07) is 22.9. The van der Waals surface area contributed by atoms with E-state index in [1.807, 2.05) is 92.8 Å². The molecule has 0 aliphatic heterocycles. The molecule has 0 saturated carbocycles. The second-order valence-electron chi connectivity index (χ2n) is 7.54. The minimum Gasteiger partial charge on any atom is -0.424 e. The van der Waals surface area contributed by atoms with E-state index >= 15 is 0 Å². The zero-order valence-electron chi connectivity index (χ0n) is 18.3. The van der Waals surface area contributed by atoms with E-state index in [0.29, 0.717) is 17.0 Å². The predicted octanol–water partition coefficient (Wildman–Crippen LogP) is 5.03. The van der Waals surface area contributed by atoms with E-state index < -0.39 is 12.1 Å². The van der Waals surface area contributed by atoms with Gasteiger partial charge in [-0.1, -0.05) is 48.5 Å². The molecule has 3 aromatic carbocycles. The van der Waals surface area contributed by atoms with E-state index in [1.165, 1.54) is 7.11 Å². The van der Waals surface area contributed by atoms with Crippen LogP contribution in [0, 0.1) is 13.8 Å². The number of nitrogens with zero attached hydrogens (tertiary/aromatic N) is 2. The molecule has 2 N–H and O–H groups in total. The summed E-state index contributed by atoms with van der Waals surface area (Å²) in [5, 5.41) is 4.67. The number of benzene rings is 3. The van der Waals surface area contributed by atoms with Gasteiger partial charge in [0.2, 0.25) is 0 Å². The Kier molecular flexibility index (Phi) is 6.05. The third-order valence-corrected chi connectivity index (χ3v) is 5.39. The van der Waals surface area contributed by atoms with Crippen molar-refractivity contribution >= 4 is 11.7 Å². The number of nitrogen functional groups attached to an aromatic ring is 1. The van der Waals surface area contributed by atoms with Crippen molar-refractivity contribution in [3.05, 3.63) is 95.7 Å². The van der Waals surface area contributed by atoms with E-state index in [4.69, 9.17) is 15.2 Å². The second kappa shape index (κ2) is 9.08. The molecule has 6 heteroatoms. The van der Waals surface area contributed by atoms with E-state index in [9.17, 15) is 4.79 Å². The number of para-hydroxylation sites is 1. The van der Waals surface area contributed by atoms with Crippen molar-refractivity contribution in [2.45, 2.75) is 20.0 Å². The minimum absolute atomic E-state index is 0.441. The minimum atomic E-state index is -0.822. The molecular formula is C26H25N3O3. The monoisotopic (exact) mass is 427 g/mol. The summed E-state index contributed by atoms with van der Waals surface area (Å²) in [5.41, 5.74) is 11.7. The molecule has 1 atom stereocenters. The highest BCUT2D eigenvalue weighted by atomic mass is 16.6. The Bertz CT molecular complexity index is 1230.